The SMILES string of the molecule is O=C(/C=C/c1ccco1)NCc1cc(Cl)c(C(=O)N[C@@H](CNC(=O)C2SCCS2)C(=O)O)c(Cl)c1. The number of carbonyl (C=O) groups is 4. The van der Waals surface area contributed by atoms with Crippen molar-refractivity contribution in [3.8, 4) is 0 Å². The average molecular weight is 558 g/mol. The Labute approximate surface area is 219 Å². The van der Waals surface area contributed by atoms with E-state index >= 15 is 0 Å². The third-order valence-electron chi connectivity index (χ3n) is 4.66. The van der Waals surface area contributed by atoms with Crippen LogP contribution in [0.15, 0.2) is 41.0 Å². The number of halogens is 2. The molecule has 1 atom stereocenters. The van der Waals surface area contributed by atoms with E-state index < -0.39 is 17.9 Å². The first-order valence-electron chi connectivity index (χ1n) is 10.3. The Hall–Kier alpha value is -2.60. The van der Waals surface area contributed by atoms with Crippen LogP contribution in [0.5, 0.6) is 0 Å². The standard InChI is InChI=1S/C22H21Cl2N3O6S2/c23-14-8-12(10-25-17(28)4-3-13-2-1-5-33-13)9-15(24)18(14)19(29)27-16(21(31)32)11-26-20(30)22-34-6-7-35-22/h1-5,8-9,16,22H,6-7,10-11H2,(H,25,28)(H,26,30)(H,27,29)(H,31,32)/b4-3+/t16-/m0/s1. The molecule has 1 saturated heterocycles. The molecule has 13 heteroatoms. The highest BCUT2D eigenvalue weighted by Crippen LogP contribution is 2.31. The number of benzene rings is 1. The molecule has 1 aliphatic rings. The molecule has 186 valence electrons. The van der Waals surface area contributed by atoms with Crippen molar-refractivity contribution in [3.63, 3.8) is 0 Å². The predicted octanol–water partition coefficient (Wildman–Crippen LogP) is 3.02. The van der Waals surface area contributed by atoms with Gasteiger partial charge in [0, 0.05) is 30.7 Å². The Bertz CT molecular complexity index is 1100. The molecular weight excluding hydrogens is 537 g/mol. The first-order valence-corrected chi connectivity index (χ1v) is 13.1. The van der Waals surface area contributed by atoms with Crippen LogP contribution in [0.3, 0.4) is 0 Å². The predicted molar refractivity (Wildman–Crippen MR) is 137 cm³/mol. The molecule has 0 unspecified atom stereocenters. The Morgan fingerprint density at radius 3 is 2.43 bits per heavy atom. The van der Waals surface area contributed by atoms with Crippen LogP contribution in [0, 0.1) is 0 Å². The lowest BCUT2D eigenvalue weighted by molar-refractivity contribution is -0.139. The number of furan rings is 1. The van der Waals surface area contributed by atoms with Crippen molar-refractivity contribution in [1.29, 1.82) is 0 Å². The van der Waals surface area contributed by atoms with Crippen molar-refractivity contribution in [2.24, 2.45) is 0 Å². The third-order valence-corrected chi connectivity index (χ3v) is 8.24. The molecule has 1 aromatic heterocycles. The van der Waals surface area contributed by atoms with E-state index in [4.69, 9.17) is 27.6 Å². The van der Waals surface area contributed by atoms with E-state index in [1.54, 1.807) is 12.1 Å². The molecule has 1 aliphatic heterocycles. The van der Waals surface area contributed by atoms with Crippen molar-refractivity contribution in [1.82, 2.24) is 16.0 Å². The molecule has 4 N–H and O–H groups in total. The summed E-state index contributed by atoms with van der Waals surface area (Å²) in [4.78, 5) is 48.5. The lowest BCUT2D eigenvalue weighted by atomic mass is 10.1. The van der Waals surface area contributed by atoms with Crippen LogP contribution in [0.2, 0.25) is 10.0 Å². The van der Waals surface area contributed by atoms with Gasteiger partial charge in [0.05, 0.1) is 21.9 Å². The second-order valence-corrected chi connectivity index (χ2v) is 10.7. The summed E-state index contributed by atoms with van der Waals surface area (Å²) in [5.41, 5.74) is 0.422. The molecule has 0 bridgehead atoms. The molecule has 9 nitrogen and oxygen atoms in total. The third kappa shape index (κ3) is 7.96. The maximum atomic E-state index is 12.7. The molecular formula is C22H21Cl2N3O6S2. The van der Waals surface area contributed by atoms with E-state index in [2.05, 4.69) is 16.0 Å². The summed E-state index contributed by atoms with van der Waals surface area (Å²) >= 11 is 15.4. The van der Waals surface area contributed by atoms with E-state index in [0.29, 0.717) is 11.3 Å². The number of aliphatic carboxylic acids is 1. The number of hydrogen-bond donors (Lipinski definition) is 4. The molecule has 0 aliphatic carbocycles. The van der Waals surface area contributed by atoms with Crippen molar-refractivity contribution in [2.45, 2.75) is 17.2 Å². The number of hydrogen-bond acceptors (Lipinski definition) is 7. The molecule has 1 aromatic carbocycles. The van der Waals surface area contributed by atoms with Crippen molar-refractivity contribution < 1.29 is 28.7 Å². The summed E-state index contributed by atoms with van der Waals surface area (Å²) in [5, 5.41) is 17.0. The van der Waals surface area contributed by atoms with Gasteiger partial charge in [-0.05, 0) is 35.9 Å². The minimum Gasteiger partial charge on any atom is -0.480 e. The smallest absolute Gasteiger partial charge is 0.328 e. The first kappa shape index (κ1) is 27.0. The van der Waals surface area contributed by atoms with E-state index in [1.807, 2.05) is 0 Å². The Balaban J connectivity index is 1.58. The Morgan fingerprint density at radius 2 is 1.83 bits per heavy atom. The zero-order valence-corrected chi connectivity index (χ0v) is 21.2. The fourth-order valence-electron chi connectivity index (χ4n) is 2.96. The summed E-state index contributed by atoms with van der Waals surface area (Å²) in [7, 11) is 0. The monoisotopic (exact) mass is 557 g/mol. The molecule has 0 saturated carbocycles. The fraction of sp³-hybridized carbons (Fsp3) is 0.273. The van der Waals surface area contributed by atoms with E-state index in [9.17, 15) is 24.3 Å². The minimum atomic E-state index is -1.38. The average Bonchev–Trinajstić information content (AvgIpc) is 3.52. The second-order valence-electron chi connectivity index (χ2n) is 7.18. The molecule has 3 rings (SSSR count). The van der Waals surface area contributed by atoms with E-state index in [1.165, 1.54) is 54.1 Å². The number of carbonyl (C=O) groups excluding carboxylic acids is 3. The summed E-state index contributed by atoms with van der Waals surface area (Å²) in [6.07, 6.45) is 4.30. The summed E-state index contributed by atoms with van der Waals surface area (Å²) in [5.74, 6) is -0.573. The molecule has 2 aromatic rings. The normalized spacial score (nSPS) is 14.6. The van der Waals surface area contributed by atoms with Crippen molar-refractivity contribution in [2.75, 3.05) is 18.1 Å². The van der Waals surface area contributed by atoms with Gasteiger partial charge in [0.2, 0.25) is 11.8 Å². The molecule has 3 amide bonds. The molecule has 0 radical (unpaired) electrons. The van der Waals surface area contributed by atoms with Crippen LogP contribution in [0.1, 0.15) is 21.7 Å². The fourth-order valence-corrected chi connectivity index (χ4v) is 6.30. The zero-order chi connectivity index (χ0) is 25.4. The number of carboxylic acid groups (broad SMARTS) is 1. The topological polar surface area (TPSA) is 138 Å². The van der Waals surface area contributed by atoms with Gasteiger partial charge in [-0.1, -0.05) is 23.2 Å². The van der Waals surface area contributed by atoms with Gasteiger partial charge in [-0.3, -0.25) is 14.4 Å². The number of amides is 3. The number of nitrogens with one attached hydrogen (secondary N) is 3. The van der Waals surface area contributed by atoms with Crippen LogP contribution < -0.4 is 16.0 Å². The lowest BCUT2D eigenvalue weighted by Gasteiger charge is -2.18. The van der Waals surface area contributed by atoms with Gasteiger partial charge in [0.15, 0.2) is 0 Å². The van der Waals surface area contributed by atoms with Crippen LogP contribution in [-0.4, -0.2) is 57.5 Å². The van der Waals surface area contributed by atoms with E-state index in [-0.39, 0.29) is 45.1 Å². The van der Waals surface area contributed by atoms with Crippen molar-refractivity contribution in [3.05, 3.63) is 63.5 Å². The lowest BCUT2D eigenvalue weighted by Crippen LogP contribution is -2.49. The Morgan fingerprint density at radius 1 is 1.14 bits per heavy atom. The highest BCUT2D eigenvalue weighted by molar-refractivity contribution is 8.21. The van der Waals surface area contributed by atoms with Crippen LogP contribution in [-0.2, 0) is 20.9 Å². The maximum absolute atomic E-state index is 12.7. The van der Waals surface area contributed by atoms with Gasteiger partial charge in [-0.2, -0.15) is 0 Å². The van der Waals surface area contributed by atoms with Crippen LogP contribution in [0.25, 0.3) is 6.08 Å². The summed E-state index contributed by atoms with van der Waals surface area (Å²) < 4.78 is 4.81. The van der Waals surface area contributed by atoms with Gasteiger partial charge in [0.1, 0.15) is 16.4 Å². The molecule has 0 spiro atoms. The largest absolute Gasteiger partial charge is 0.480 e. The molecule has 35 heavy (non-hydrogen) atoms. The van der Waals surface area contributed by atoms with Gasteiger partial charge in [-0.15, -0.1) is 23.5 Å². The van der Waals surface area contributed by atoms with Gasteiger partial charge in [0.25, 0.3) is 5.91 Å². The van der Waals surface area contributed by atoms with Crippen molar-refractivity contribution >= 4 is 76.5 Å². The first-order chi connectivity index (χ1) is 16.7. The number of carboxylic acids is 1. The number of thioether (sulfide) groups is 2. The quantitative estimate of drug-likeness (QED) is 0.327. The van der Waals surface area contributed by atoms with Gasteiger partial charge < -0.3 is 25.5 Å². The summed E-state index contributed by atoms with van der Waals surface area (Å²) in [6.45, 7) is -0.202. The minimum absolute atomic E-state index is 0.0164. The van der Waals surface area contributed by atoms with Crippen LogP contribution >= 0.6 is 46.7 Å². The van der Waals surface area contributed by atoms with E-state index in [0.717, 1.165) is 11.5 Å². The van der Waals surface area contributed by atoms with Crippen LogP contribution in [0.4, 0.5) is 0 Å². The maximum Gasteiger partial charge on any atom is 0.328 e. The second kappa shape index (κ2) is 12.9. The van der Waals surface area contributed by atoms with Gasteiger partial charge in [-0.25, -0.2) is 4.79 Å². The summed E-state index contributed by atoms with van der Waals surface area (Å²) in [6, 6.07) is 4.91. The highest BCUT2D eigenvalue weighted by atomic mass is 35.5. The zero-order valence-electron chi connectivity index (χ0n) is 18.1. The molecule has 2 heterocycles. The Kier molecular flexibility index (Phi) is 9.96. The highest BCUT2D eigenvalue weighted by Gasteiger charge is 2.28. The number of rotatable bonds is 10. The van der Waals surface area contributed by atoms with Gasteiger partial charge >= 0.3 is 5.97 Å². The molecule has 1 fully saturated rings.